The van der Waals surface area contributed by atoms with E-state index in [1.807, 2.05) is 0 Å². The molecule has 2 N–H and O–H groups in total. The number of nitrogens with two attached hydrogens (primary N) is 1. The molecule has 0 aliphatic carbocycles. The summed E-state index contributed by atoms with van der Waals surface area (Å²) < 4.78 is 24.2. The summed E-state index contributed by atoms with van der Waals surface area (Å²) in [4.78, 5) is 8.26. The summed E-state index contributed by atoms with van der Waals surface area (Å²) in [6, 6.07) is 4.29. The Morgan fingerprint density at radius 2 is 2.00 bits per heavy atom. The summed E-state index contributed by atoms with van der Waals surface area (Å²) in [5.74, 6) is 0.181. The number of rotatable bonds is 4. The number of hydrogen-bond acceptors (Lipinski definition) is 5. The number of ether oxygens (including phenoxy) is 2. The molecule has 0 aliphatic rings. The molecular weight excluding hydrogens is 261 g/mol. The molecule has 5 nitrogen and oxygen atoms in total. The molecule has 0 amide bonds. The molecule has 0 fully saturated rings. The van der Waals surface area contributed by atoms with E-state index < -0.39 is 6.04 Å². The number of aromatic nitrogens is 2. The highest BCUT2D eigenvalue weighted by atomic mass is 19.1. The van der Waals surface area contributed by atoms with Gasteiger partial charge >= 0.3 is 0 Å². The van der Waals surface area contributed by atoms with E-state index in [0.29, 0.717) is 22.7 Å². The molecule has 0 saturated heterocycles. The minimum atomic E-state index is -0.761. The van der Waals surface area contributed by atoms with Crippen LogP contribution in [0, 0.1) is 12.7 Å². The van der Waals surface area contributed by atoms with Gasteiger partial charge in [0.1, 0.15) is 11.5 Å². The predicted molar refractivity (Wildman–Crippen MR) is 72.3 cm³/mol. The first-order valence-electron chi connectivity index (χ1n) is 6.04. The van der Waals surface area contributed by atoms with Crippen LogP contribution in [0.3, 0.4) is 0 Å². The zero-order chi connectivity index (χ0) is 14.7. The van der Waals surface area contributed by atoms with E-state index in [9.17, 15) is 4.39 Å². The molecule has 1 aromatic carbocycles. The number of halogens is 1. The molecule has 2 rings (SSSR count). The standard InChI is InChI=1S/C14H16FN3O2/c1-8-5-4-6-9(11(8)15)12(16)13-14(20-3)18-10(19-2)7-17-13/h4-7,12H,16H2,1-3H3. The van der Waals surface area contributed by atoms with Crippen LogP contribution in [0.2, 0.25) is 0 Å². The summed E-state index contributed by atoms with van der Waals surface area (Å²) in [7, 11) is 2.93. The normalized spacial score (nSPS) is 12.1. The lowest BCUT2D eigenvalue weighted by molar-refractivity contribution is 0.355. The van der Waals surface area contributed by atoms with Crippen LogP contribution in [-0.2, 0) is 0 Å². The van der Waals surface area contributed by atoms with E-state index in [1.165, 1.54) is 20.4 Å². The van der Waals surface area contributed by atoms with Crippen LogP contribution in [0.5, 0.6) is 11.8 Å². The van der Waals surface area contributed by atoms with Crippen LogP contribution < -0.4 is 15.2 Å². The van der Waals surface area contributed by atoms with Gasteiger partial charge < -0.3 is 15.2 Å². The topological polar surface area (TPSA) is 70.3 Å². The molecule has 2 aromatic rings. The van der Waals surface area contributed by atoms with Crippen molar-refractivity contribution in [2.24, 2.45) is 5.73 Å². The van der Waals surface area contributed by atoms with Crippen LogP contribution in [0.1, 0.15) is 22.9 Å². The van der Waals surface area contributed by atoms with Gasteiger partial charge in [-0.2, -0.15) is 4.98 Å². The van der Waals surface area contributed by atoms with E-state index in [-0.39, 0.29) is 11.7 Å². The van der Waals surface area contributed by atoms with Gasteiger partial charge in [0.15, 0.2) is 0 Å². The molecule has 0 aliphatic heterocycles. The third-order valence-corrected chi connectivity index (χ3v) is 3.00. The lowest BCUT2D eigenvalue weighted by Crippen LogP contribution is -2.17. The fourth-order valence-electron chi connectivity index (χ4n) is 1.89. The van der Waals surface area contributed by atoms with E-state index in [0.717, 1.165) is 0 Å². The fourth-order valence-corrected chi connectivity index (χ4v) is 1.89. The average molecular weight is 277 g/mol. The lowest BCUT2D eigenvalue weighted by atomic mass is 10.0. The van der Waals surface area contributed by atoms with Crippen LogP contribution in [0.25, 0.3) is 0 Å². The Bertz CT molecular complexity index is 619. The Morgan fingerprint density at radius 3 is 2.65 bits per heavy atom. The highest BCUT2D eigenvalue weighted by Gasteiger charge is 2.21. The quantitative estimate of drug-likeness (QED) is 0.925. The minimum Gasteiger partial charge on any atom is -0.480 e. The third kappa shape index (κ3) is 2.55. The van der Waals surface area contributed by atoms with E-state index >= 15 is 0 Å². The van der Waals surface area contributed by atoms with Crippen molar-refractivity contribution in [3.05, 3.63) is 47.0 Å². The monoisotopic (exact) mass is 277 g/mol. The zero-order valence-corrected chi connectivity index (χ0v) is 11.6. The van der Waals surface area contributed by atoms with Crippen molar-refractivity contribution in [3.8, 4) is 11.8 Å². The van der Waals surface area contributed by atoms with Crippen LogP contribution in [0.15, 0.2) is 24.4 Å². The summed E-state index contributed by atoms with van der Waals surface area (Å²) in [6.07, 6.45) is 1.42. The molecule has 0 spiro atoms. The minimum absolute atomic E-state index is 0.220. The Labute approximate surface area is 116 Å². The van der Waals surface area contributed by atoms with Crippen molar-refractivity contribution in [1.82, 2.24) is 9.97 Å². The van der Waals surface area contributed by atoms with Crippen LogP contribution >= 0.6 is 0 Å². The van der Waals surface area contributed by atoms with Gasteiger partial charge in [-0.05, 0) is 12.5 Å². The SMILES string of the molecule is COc1cnc(C(N)c2cccc(C)c2F)c(OC)n1. The molecule has 106 valence electrons. The largest absolute Gasteiger partial charge is 0.480 e. The van der Waals surface area contributed by atoms with Crippen molar-refractivity contribution in [3.63, 3.8) is 0 Å². The summed E-state index contributed by atoms with van der Waals surface area (Å²) in [5, 5.41) is 0. The van der Waals surface area contributed by atoms with Gasteiger partial charge in [-0.25, -0.2) is 9.37 Å². The second kappa shape index (κ2) is 5.83. The summed E-state index contributed by atoms with van der Waals surface area (Å²) in [5.41, 5.74) is 7.33. The number of aryl methyl sites for hydroxylation is 1. The number of hydrogen-bond donors (Lipinski definition) is 1. The Morgan fingerprint density at radius 1 is 1.25 bits per heavy atom. The van der Waals surface area contributed by atoms with E-state index in [2.05, 4.69) is 9.97 Å². The molecule has 6 heteroatoms. The van der Waals surface area contributed by atoms with Crippen LogP contribution in [0.4, 0.5) is 4.39 Å². The van der Waals surface area contributed by atoms with Gasteiger partial charge in [0.2, 0.25) is 11.8 Å². The Hall–Kier alpha value is -2.21. The lowest BCUT2D eigenvalue weighted by Gasteiger charge is -2.16. The van der Waals surface area contributed by atoms with Gasteiger partial charge in [0, 0.05) is 5.56 Å². The molecule has 0 radical (unpaired) electrons. The van der Waals surface area contributed by atoms with Crippen molar-refractivity contribution < 1.29 is 13.9 Å². The van der Waals surface area contributed by atoms with E-state index in [4.69, 9.17) is 15.2 Å². The van der Waals surface area contributed by atoms with Gasteiger partial charge in [0.05, 0.1) is 26.5 Å². The molecule has 1 aromatic heterocycles. The predicted octanol–water partition coefficient (Wildman–Crippen LogP) is 1.99. The maximum Gasteiger partial charge on any atom is 0.240 e. The van der Waals surface area contributed by atoms with Crippen LogP contribution in [-0.4, -0.2) is 24.2 Å². The number of benzene rings is 1. The highest BCUT2D eigenvalue weighted by molar-refractivity contribution is 5.36. The van der Waals surface area contributed by atoms with Crippen molar-refractivity contribution >= 4 is 0 Å². The van der Waals surface area contributed by atoms with Gasteiger partial charge in [0.25, 0.3) is 0 Å². The van der Waals surface area contributed by atoms with Crippen molar-refractivity contribution in [1.29, 1.82) is 0 Å². The molecule has 1 unspecified atom stereocenters. The Balaban J connectivity index is 2.47. The summed E-state index contributed by atoms with van der Waals surface area (Å²) >= 11 is 0. The van der Waals surface area contributed by atoms with Gasteiger partial charge in [-0.15, -0.1) is 0 Å². The first kappa shape index (κ1) is 14.2. The molecule has 1 atom stereocenters. The molecule has 0 bridgehead atoms. The highest BCUT2D eigenvalue weighted by Crippen LogP contribution is 2.28. The second-order valence-electron chi connectivity index (χ2n) is 4.26. The van der Waals surface area contributed by atoms with Gasteiger partial charge in [-0.1, -0.05) is 18.2 Å². The molecular formula is C14H16FN3O2. The van der Waals surface area contributed by atoms with Crippen molar-refractivity contribution in [2.75, 3.05) is 14.2 Å². The summed E-state index contributed by atoms with van der Waals surface area (Å²) in [6.45, 7) is 1.68. The van der Waals surface area contributed by atoms with Gasteiger partial charge in [-0.3, -0.25) is 0 Å². The first-order chi connectivity index (χ1) is 9.58. The second-order valence-corrected chi connectivity index (χ2v) is 4.26. The maximum absolute atomic E-state index is 14.1. The number of methoxy groups -OCH3 is 2. The first-order valence-corrected chi connectivity index (χ1v) is 6.04. The fraction of sp³-hybridized carbons (Fsp3) is 0.286. The third-order valence-electron chi connectivity index (χ3n) is 3.00. The smallest absolute Gasteiger partial charge is 0.240 e. The zero-order valence-electron chi connectivity index (χ0n) is 11.6. The van der Waals surface area contributed by atoms with E-state index in [1.54, 1.807) is 25.1 Å². The number of nitrogens with zero attached hydrogens (tertiary/aromatic N) is 2. The van der Waals surface area contributed by atoms with Crippen molar-refractivity contribution in [2.45, 2.75) is 13.0 Å². The molecule has 20 heavy (non-hydrogen) atoms. The Kier molecular flexibility index (Phi) is 4.14. The molecule has 0 saturated carbocycles. The molecule has 1 heterocycles. The maximum atomic E-state index is 14.1. The average Bonchev–Trinajstić information content (AvgIpc) is 2.48.